The SMILES string of the molecule is C=COC(CO)(OC=C)OC=C. The number of hydrogen-bond acceptors (Lipinski definition) is 4. The molecule has 1 N–H and O–H groups in total. The molecular weight excluding hydrogens is 160 g/mol. The van der Waals surface area contributed by atoms with Crippen molar-refractivity contribution >= 4 is 0 Å². The molecule has 0 amide bonds. The van der Waals surface area contributed by atoms with Crippen molar-refractivity contribution in [2.45, 2.75) is 5.97 Å². The van der Waals surface area contributed by atoms with Gasteiger partial charge in [0.1, 0.15) is 0 Å². The molecule has 0 atom stereocenters. The highest BCUT2D eigenvalue weighted by Crippen LogP contribution is 2.15. The molecule has 0 unspecified atom stereocenters. The fourth-order valence-corrected chi connectivity index (χ4v) is 0.576. The third kappa shape index (κ3) is 2.67. The molecule has 68 valence electrons. The van der Waals surface area contributed by atoms with E-state index in [9.17, 15) is 0 Å². The number of ether oxygens (including phenoxy) is 3. The summed E-state index contributed by atoms with van der Waals surface area (Å²) < 4.78 is 14.4. The fraction of sp³-hybridized carbons (Fsp3) is 0.250. The van der Waals surface area contributed by atoms with E-state index < -0.39 is 12.6 Å². The predicted octanol–water partition coefficient (Wildman–Crippen LogP) is 1.11. The highest BCUT2D eigenvalue weighted by atomic mass is 16.9. The minimum absolute atomic E-state index is 0.503. The van der Waals surface area contributed by atoms with E-state index in [4.69, 9.17) is 19.3 Å². The van der Waals surface area contributed by atoms with E-state index in [1.807, 2.05) is 0 Å². The lowest BCUT2D eigenvalue weighted by atomic mass is 10.6. The van der Waals surface area contributed by atoms with Crippen molar-refractivity contribution in [2.24, 2.45) is 0 Å². The Bertz CT molecular complexity index is 138. The summed E-state index contributed by atoms with van der Waals surface area (Å²) in [5.74, 6) is -1.61. The predicted molar refractivity (Wildman–Crippen MR) is 43.7 cm³/mol. The first kappa shape index (κ1) is 10.6. The summed E-state index contributed by atoms with van der Waals surface area (Å²) in [5, 5.41) is 8.85. The minimum atomic E-state index is -1.61. The second kappa shape index (κ2) is 5.26. The van der Waals surface area contributed by atoms with Crippen molar-refractivity contribution in [3.63, 3.8) is 0 Å². The van der Waals surface area contributed by atoms with Gasteiger partial charge in [-0.15, -0.1) is 0 Å². The highest BCUT2D eigenvalue weighted by Gasteiger charge is 2.33. The zero-order valence-corrected chi connectivity index (χ0v) is 6.73. The summed E-state index contributed by atoms with van der Waals surface area (Å²) in [6.07, 6.45) is 3.26. The molecule has 4 nitrogen and oxygen atoms in total. The Labute approximate surface area is 71.4 Å². The van der Waals surface area contributed by atoms with Gasteiger partial charge in [-0.05, 0) is 0 Å². The largest absolute Gasteiger partial charge is 0.440 e. The zero-order valence-electron chi connectivity index (χ0n) is 6.73. The first-order valence-electron chi connectivity index (χ1n) is 3.21. The summed E-state index contributed by atoms with van der Waals surface area (Å²) in [7, 11) is 0. The van der Waals surface area contributed by atoms with Crippen LogP contribution in [0.3, 0.4) is 0 Å². The summed E-state index contributed by atoms with van der Waals surface area (Å²) >= 11 is 0. The van der Waals surface area contributed by atoms with E-state index in [2.05, 4.69) is 19.7 Å². The van der Waals surface area contributed by atoms with Gasteiger partial charge >= 0.3 is 5.97 Å². The molecule has 4 heteroatoms. The molecule has 0 aromatic rings. The van der Waals surface area contributed by atoms with Crippen LogP contribution < -0.4 is 0 Å². The van der Waals surface area contributed by atoms with Gasteiger partial charge in [0.25, 0.3) is 0 Å². The molecule has 0 aliphatic rings. The van der Waals surface area contributed by atoms with Crippen LogP contribution in [0.25, 0.3) is 0 Å². The summed E-state index contributed by atoms with van der Waals surface area (Å²) in [4.78, 5) is 0. The Morgan fingerprint density at radius 3 is 1.50 bits per heavy atom. The van der Waals surface area contributed by atoms with Crippen molar-refractivity contribution in [1.29, 1.82) is 0 Å². The molecule has 0 radical (unpaired) electrons. The molecule has 0 spiro atoms. The maximum absolute atomic E-state index is 8.85. The Morgan fingerprint density at radius 2 is 1.33 bits per heavy atom. The summed E-state index contributed by atoms with van der Waals surface area (Å²) in [6, 6.07) is 0. The second-order valence-corrected chi connectivity index (χ2v) is 1.69. The van der Waals surface area contributed by atoms with Crippen LogP contribution in [-0.2, 0) is 14.2 Å². The molecule has 0 aliphatic carbocycles. The highest BCUT2D eigenvalue weighted by molar-refractivity contribution is 4.68. The number of hydrogen-bond donors (Lipinski definition) is 1. The van der Waals surface area contributed by atoms with Gasteiger partial charge in [0.05, 0.1) is 18.8 Å². The molecule has 12 heavy (non-hydrogen) atoms. The Morgan fingerprint density at radius 1 is 1.00 bits per heavy atom. The van der Waals surface area contributed by atoms with Crippen molar-refractivity contribution in [3.8, 4) is 0 Å². The van der Waals surface area contributed by atoms with Crippen LogP contribution in [0, 0.1) is 0 Å². The zero-order chi connectivity index (χ0) is 9.45. The quantitative estimate of drug-likeness (QED) is 0.461. The Kier molecular flexibility index (Phi) is 4.64. The van der Waals surface area contributed by atoms with E-state index in [0.29, 0.717) is 0 Å². The Hall–Kier alpha value is -1.42. The minimum Gasteiger partial charge on any atom is -0.427 e. The van der Waals surface area contributed by atoms with E-state index in [-0.39, 0.29) is 0 Å². The molecule has 0 saturated carbocycles. The smallest absolute Gasteiger partial charge is 0.427 e. The first-order valence-corrected chi connectivity index (χ1v) is 3.21. The molecule has 0 rings (SSSR count). The van der Waals surface area contributed by atoms with Crippen LogP contribution in [0.1, 0.15) is 0 Å². The number of aliphatic hydroxyl groups is 1. The van der Waals surface area contributed by atoms with Crippen molar-refractivity contribution in [1.82, 2.24) is 0 Å². The third-order valence-electron chi connectivity index (χ3n) is 0.982. The average molecular weight is 172 g/mol. The summed E-state index contributed by atoms with van der Waals surface area (Å²) in [6.45, 7) is 9.39. The average Bonchev–Trinajstić information content (AvgIpc) is 2.06. The maximum atomic E-state index is 8.85. The number of aliphatic hydroxyl groups excluding tert-OH is 1. The molecule has 0 heterocycles. The van der Waals surface area contributed by atoms with E-state index in [1.54, 1.807) is 0 Å². The van der Waals surface area contributed by atoms with E-state index in [1.165, 1.54) is 0 Å². The number of rotatable bonds is 7. The van der Waals surface area contributed by atoms with Gasteiger partial charge in [-0.3, -0.25) is 0 Å². The van der Waals surface area contributed by atoms with Crippen LogP contribution in [0.2, 0.25) is 0 Å². The van der Waals surface area contributed by atoms with E-state index >= 15 is 0 Å². The van der Waals surface area contributed by atoms with Gasteiger partial charge in [-0.25, -0.2) is 0 Å². The lowest BCUT2D eigenvalue weighted by Gasteiger charge is -2.27. The lowest BCUT2D eigenvalue weighted by molar-refractivity contribution is -0.331. The van der Waals surface area contributed by atoms with Crippen LogP contribution >= 0.6 is 0 Å². The van der Waals surface area contributed by atoms with E-state index in [0.717, 1.165) is 18.8 Å². The van der Waals surface area contributed by atoms with Gasteiger partial charge in [0.2, 0.25) is 0 Å². The van der Waals surface area contributed by atoms with Gasteiger partial charge in [0.15, 0.2) is 6.61 Å². The first-order chi connectivity index (χ1) is 5.74. The second-order valence-electron chi connectivity index (χ2n) is 1.69. The van der Waals surface area contributed by atoms with Crippen molar-refractivity contribution in [3.05, 3.63) is 38.5 Å². The van der Waals surface area contributed by atoms with Gasteiger partial charge in [-0.2, -0.15) is 0 Å². The molecule has 0 aromatic carbocycles. The van der Waals surface area contributed by atoms with Crippen LogP contribution in [0.15, 0.2) is 38.5 Å². The maximum Gasteiger partial charge on any atom is 0.440 e. The fourth-order valence-electron chi connectivity index (χ4n) is 0.576. The van der Waals surface area contributed by atoms with Gasteiger partial charge in [0, 0.05) is 0 Å². The molecule has 0 aliphatic heterocycles. The van der Waals surface area contributed by atoms with Crippen molar-refractivity contribution < 1.29 is 19.3 Å². The lowest BCUT2D eigenvalue weighted by Crippen LogP contribution is -2.38. The van der Waals surface area contributed by atoms with Crippen LogP contribution in [0.4, 0.5) is 0 Å². The molecular formula is C8H12O4. The third-order valence-corrected chi connectivity index (χ3v) is 0.982. The van der Waals surface area contributed by atoms with Gasteiger partial charge in [-0.1, -0.05) is 19.7 Å². The van der Waals surface area contributed by atoms with Crippen LogP contribution in [-0.4, -0.2) is 17.7 Å². The monoisotopic (exact) mass is 172 g/mol. The van der Waals surface area contributed by atoms with Gasteiger partial charge < -0.3 is 19.3 Å². The molecule has 0 saturated heterocycles. The normalized spacial score (nSPS) is 9.75. The molecule has 0 bridgehead atoms. The molecule has 0 fully saturated rings. The van der Waals surface area contributed by atoms with Crippen molar-refractivity contribution in [2.75, 3.05) is 6.61 Å². The Balaban J connectivity index is 4.35. The summed E-state index contributed by atoms with van der Waals surface area (Å²) in [5.41, 5.74) is 0. The topological polar surface area (TPSA) is 47.9 Å². The molecule has 0 aromatic heterocycles. The standard InChI is InChI=1S/C8H12O4/c1-4-10-8(7-9,11-5-2)12-6-3/h4-6,9H,1-3,7H2. The van der Waals surface area contributed by atoms with Crippen LogP contribution in [0.5, 0.6) is 0 Å².